The number of amides is 1. The smallest absolute Gasteiger partial charge is 0.254 e. The van der Waals surface area contributed by atoms with Gasteiger partial charge in [-0.2, -0.15) is 0 Å². The highest BCUT2D eigenvalue weighted by Gasteiger charge is 2.16. The van der Waals surface area contributed by atoms with Gasteiger partial charge in [0.25, 0.3) is 5.91 Å². The lowest BCUT2D eigenvalue weighted by Crippen LogP contribution is -2.31. The fourth-order valence-corrected chi connectivity index (χ4v) is 2.31. The Morgan fingerprint density at radius 1 is 1.40 bits per heavy atom. The molecule has 0 bridgehead atoms. The van der Waals surface area contributed by atoms with E-state index >= 15 is 0 Å². The molecule has 2 N–H and O–H groups in total. The number of rotatable bonds is 7. The fourth-order valence-electron chi connectivity index (χ4n) is 2.31. The summed E-state index contributed by atoms with van der Waals surface area (Å²) in [6.07, 6.45) is 1.58. The number of hydrogen-bond donors (Lipinski definition) is 2. The molecule has 0 heterocycles. The van der Waals surface area contributed by atoms with Crippen molar-refractivity contribution in [1.82, 2.24) is 5.32 Å². The Hall–Kier alpha value is -1.42. The molecule has 0 aliphatic carbocycles. The van der Waals surface area contributed by atoms with Crippen molar-refractivity contribution in [2.24, 2.45) is 11.8 Å². The van der Waals surface area contributed by atoms with Crippen LogP contribution >= 0.6 is 0 Å². The molecule has 1 unspecified atom stereocenters. The molecule has 0 aliphatic heterocycles. The summed E-state index contributed by atoms with van der Waals surface area (Å²) in [6.45, 7) is 6.41. The Labute approximate surface area is 120 Å². The molecule has 1 amide bonds. The normalized spacial score (nSPS) is 12.5. The number of aryl methyl sites for hydroxylation is 1. The molecule has 1 rings (SSSR count). The minimum atomic E-state index is -0.465. The lowest BCUT2D eigenvalue weighted by Gasteiger charge is -2.18. The van der Waals surface area contributed by atoms with E-state index in [1.807, 2.05) is 0 Å². The summed E-state index contributed by atoms with van der Waals surface area (Å²) < 4.78 is 13.8. The van der Waals surface area contributed by atoms with E-state index in [2.05, 4.69) is 19.2 Å². The first-order chi connectivity index (χ1) is 9.45. The molecule has 0 radical (unpaired) electrons. The fraction of sp³-hybridized carbons (Fsp3) is 0.562. The zero-order valence-corrected chi connectivity index (χ0v) is 12.4. The zero-order chi connectivity index (χ0) is 15.1. The molecule has 0 spiro atoms. The second-order valence-corrected chi connectivity index (χ2v) is 5.65. The summed E-state index contributed by atoms with van der Waals surface area (Å²) in [6, 6.07) is 4.80. The van der Waals surface area contributed by atoms with Crippen molar-refractivity contribution in [2.45, 2.75) is 33.6 Å². The highest BCUT2D eigenvalue weighted by atomic mass is 19.1. The molecule has 112 valence electrons. The zero-order valence-electron chi connectivity index (χ0n) is 12.4. The summed E-state index contributed by atoms with van der Waals surface area (Å²) in [5.41, 5.74) is 0.545. The maximum atomic E-state index is 13.8. The summed E-state index contributed by atoms with van der Waals surface area (Å²) in [5, 5.41) is 11.8. The molecule has 1 atom stereocenters. The Kier molecular flexibility index (Phi) is 6.65. The van der Waals surface area contributed by atoms with Gasteiger partial charge in [0.15, 0.2) is 0 Å². The minimum absolute atomic E-state index is 0.0808. The Morgan fingerprint density at radius 2 is 2.10 bits per heavy atom. The van der Waals surface area contributed by atoms with E-state index in [0.717, 1.165) is 6.42 Å². The lowest BCUT2D eigenvalue weighted by molar-refractivity contribution is 0.0937. The van der Waals surface area contributed by atoms with Crippen LogP contribution in [-0.4, -0.2) is 24.2 Å². The average molecular weight is 281 g/mol. The van der Waals surface area contributed by atoms with Crippen LogP contribution in [0.25, 0.3) is 0 Å². The highest BCUT2D eigenvalue weighted by molar-refractivity contribution is 5.94. The summed E-state index contributed by atoms with van der Waals surface area (Å²) in [5.74, 6) is -0.138. The first-order valence-electron chi connectivity index (χ1n) is 7.09. The standard InChI is InChI=1S/C16H24FNO2/c1-11(2)9-13(7-8-19)10-18-16(20)14-6-4-5-12(3)15(14)17/h4-6,11,13,19H,7-10H2,1-3H3,(H,18,20). The number of carbonyl (C=O) groups excluding carboxylic acids is 1. The molecule has 20 heavy (non-hydrogen) atoms. The van der Waals surface area contributed by atoms with Crippen molar-refractivity contribution in [1.29, 1.82) is 0 Å². The molecule has 0 saturated carbocycles. The van der Waals surface area contributed by atoms with Gasteiger partial charge in [-0.25, -0.2) is 4.39 Å². The van der Waals surface area contributed by atoms with E-state index in [9.17, 15) is 9.18 Å². The average Bonchev–Trinajstić information content (AvgIpc) is 2.38. The maximum Gasteiger partial charge on any atom is 0.254 e. The van der Waals surface area contributed by atoms with E-state index in [0.29, 0.717) is 24.4 Å². The van der Waals surface area contributed by atoms with Crippen LogP contribution in [0.5, 0.6) is 0 Å². The van der Waals surface area contributed by atoms with Crippen molar-refractivity contribution in [2.75, 3.05) is 13.2 Å². The largest absolute Gasteiger partial charge is 0.396 e. The third kappa shape index (κ3) is 4.93. The molecule has 3 nitrogen and oxygen atoms in total. The Morgan fingerprint density at radius 3 is 2.70 bits per heavy atom. The van der Waals surface area contributed by atoms with E-state index < -0.39 is 11.7 Å². The third-order valence-corrected chi connectivity index (χ3v) is 3.33. The molecule has 1 aromatic carbocycles. The Balaban J connectivity index is 2.63. The van der Waals surface area contributed by atoms with E-state index in [-0.39, 0.29) is 18.1 Å². The first-order valence-corrected chi connectivity index (χ1v) is 7.09. The van der Waals surface area contributed by atoms with Gasteiger partial charge in [0.2, 0.25) is 0 Å². The number of nitrogens with one attached hydrogen (secondary N) is 1. The van der Waals surface area contributed by atoms with Crippen LogP contribution in [0.4, 0.5) is 4.39 Å². The maximum absolute atomic E-state index is 13.8. The Bertz CT molecular complexity index is 446. The van der Waals surface area contributed by atoms with Crippen LogP contribution < -0.4 is 5.32 Å². The quantitative estimate of drug-likeness (QED) is 0.807. The molecule has 4 heteroatoms. The number of benzene rings is 1. The van der Waals surface area contributed by atoms with Gasteiger partial charge in [-0.3, -0.25) is 4.79 Å². The van der Waals surface area contributed by atoms with Gasteiger partial charge in [0.05, 0.1) is 5.56 Å². The van der Waals surface area contributed by atoms with Crippen molar-refractivity contribution in [3.63, 3.8) is 0 Å². The predicted octanol–water partition coefficient (Wildman–Crippen LogP) is 2.91. The van der Waals surface area contributed by atoms with Crippen LogP contribution in [0, 0.1) is 24.6 Å². The summed E-state index contributed by atoms with van der Waals surface area (Å²) in [4.78, 5) is 12.0. The van der Waals surface area contributed by atoms with Crippen molar-refractivity contribution in [3.8, 4) is 0 Å². The van der Waals surface area contributed by atoms with Gasteiger partial charge >= 0.3 is 0 Å². The second-order valence-electron chi connectivity index (χ2n) is 5.65. The van der Waals surface area contributed by atoms with E-state index in [1.165, 1.54) is 6.07 Å². The topological polar surface area (TPSA) is 49.3 Å². The second kappa shape index (κ2) is 8.00. The van der Waals surface area contributed by atoms with Gasteiger partial charge < -0.3 is 10.4 Å². The number of aliphatic hydroxyl groups is 1. The van der Waals surface area contributed by atoms with Crippen LogP contribution in [0.2, 0.25) is 0 Å². The molecule has 0 aromatic heterocycles. The van der Waals surface area contributed by atoms with Crippen LogP contribution in [0.1, 0.15) is 42.6 Å². The van der Waals surface area contributed by atoms with Crippen molar-refractivity contribution in [3.05, 3.63) is 35.1 Å². The van der Waals surface area contributed by atoms with Crippen LogP contribution in [0.3, 0.4) is 0 Å². The van der Waals surface area contributed by atoms with Gasteiger partial charge in [-0.05, 0) is 43.2 Å². The van der Waals surface area contributed by atoms with Gasteiger partial charge in [-0.1, -0.05) is 26.0 Å². The summed E-state index contributed by atoms with van der Waals surface area (Å²) in [7, 11) is 0. The van der Waals surface area contributed by atoms with Crippen LogP contribution in [0.15, 0.2) is 18.2 Å². The van der Waals surface area contributed by atoms with Gasteiger partial charge in [0, 0.05) is 13.2 Å². The number of aliphatic hydroxyl groups excluding tert-OH is 1. The van der Waals surface area contributed by atoms with Gasteiger partial charge in [0.1, 0.15) is 5.82 Å². The molecular weight excluding hydrogens is 257 g/mol. The SMILES string of the molecule is Cc1cccc(C(=O)NCC(CCO)CC(C)C)c1F. The van der Waals surface area contributed by atoms with E-state index in [1.54, 1.807) is 19.1 Å². The predicted molar refractivity (Wildman–Crippen MR) is 78.1 cm³/mol. The van der Waals surface area contributed by atoms with E-state index in [4.69, 9.17) is 5.11 Å². The third-order valence-electron chi connectivity index (χ3n) is 3.33. The molecule has 0 fully saturated rings. The molecule has 1 aromatic rings. The van der Waals surface area contributed by atoms with Crippen molar-refractivity contribution >= 4 is 5.91 Å². The van der Waals surface area contributed by atoms with Crippen LogP contribution in [-0.2, 0) is 0 Å². The minimum Gasteiger partial charge on any atom is -0.396 e. The highest BCUT2D eigenvalue weighted by Crippen LogP contribution is 2.15. The molecule has 0 saturated heterocycles. The molecular formula is C16H24FNO2. The monoisotopic (exact) mass is 281 g/mol. The van der Waals surface area contributed by atoms with Crippen molar-refractivity contribution < 1.29 is 14.3 Å². The summed E-state index contributed by atoms with van der Waals surface area (Å²) >= 11 is 0. The number of carbonyl (C=O) groups is 1. The first kappa shape index (κ1) is 16.6. The number of halogens is 1. The number of hydrogen-bond acceptors (Lipinski definition) is 2. The molecule has 0 aliphatic rings. The lowest BCUT2D eigenvalue weighted by atomic mass is 9.94. The van der Waals surface area contributed by atoms with Gasteiger partial charge in [-0.15, -0.1) is 0 Å².